The first-order valence-corrected chi connectivity index (χ1v) is 22.5. The summed E-state index contributed by atoms with van der Waals surface area (Å²) in [5, 5.41) is 0. The van der Waals surface area contributed by atoms with Gasteiger partial charge in [0, 0.05) is 24.8 Å². The third kappa shape index (κ3) is 9.97. The van der Waals surface area contributed by atoms with Crippen molar-refractivity contribution in [1.29, 1.82) is 0 Å². The van der Waals surface area contributed by atoms with Crippen LogP contribution in [-0.2, 0) is 24.2 Å². The van der Waals surface area contributed by atoms with Crippen molar-refractivity contribution in [2.24, 2.45) is 0 Å². The highest BCUT2D eigenvalue weighted by Gasteiger charge is 2.24. The Kier molecular flexibility index (Phi) is 10.4. The highest BCUT2D eigenvalue weighted by molar-refractivity contribution is 6.76. The summed E-state index contributed by atoms with van der Waals surface area (Å²) in [4.78, 5) is 8.19. The van der Waals surface area contributed by atoms with Gasteiger partial charge in [-0.05, 0) is 70.7 Å². The van der Waals surface area contributed by atoms with E-state index in [4.69, 9.17) is 0 Å². The molecule has 2 nitrogen and oxygen atoms in total. The molecule has 44 heavy (non-hydrogen) atoms. The second-order valence-corrected chi connectivity index (χ2v) is 23.6. The van der Waals surface area contributed by atoms with Crippen LogP contribution in [0.4, 0.5) is 0 Å². The maximum atomic E-state index is 4.09. The minimum Gasteiger partial charge on any atom is -0.265 e. The minimum atomic E-state index is -1.47. The number of hydrogen-bond donors (Lipinski definition) is 0. The van der Waals surface area contributed by atoms with E-state index in [1.165, 1.54) is 68.7 Å². The van der Waals surface area contributed by atoms with Crippen LogP contribution >= 0.6 is 0 Å². The Balaban J connectivity index is 1.15. The van der Waals surface area contributed by atoms with E-state index in [0.717, 1.165) is 0 Å². The highest BCUT2D eigenvalue weighted by Crippen LogP contribution is 2.23. The largest absolute Gasteiger partial charge is 0.265 e. The fourth-order valence-corrected chi connectivity index (χ4v) is 11.6. The topological polar surface area (TPSA) is 25.8 Å². The molecule has 2 aromatic heterocycles. The van der Waals surface area contributed by atoms with Crippen LogP contribution in [0.2, 0.25) is 26.2 Å². The molecule has 0 N–H and O–H groups in total. The normalized spacial score (nSPS) is 12.3. The summed E-state index contributed by atoms with van der Waals surface area (Å²) in [5.41, 5.74) is 10.7. The summed E-state index contributed by atoms with van der Waals surface area (Å²) >= 11 is 0. The van der Waals surface area contributed by atoms with Crippen LogP contribution in [0.5, 0.6) is 0 Å². The van der Waals surface area contributed by atoms with Gasteiger partial charge in [-0.15, -0.1) is 0 Å². The van der Waals surface area contributed by atoms with Gasteiger partial charge in [0.25, 0.3) is 0 Å². The van der Waals surface area contributed by atoms with Crippen LogP contribution in [0.3, 0.4) is 0 Å². The average Bonchev–Trinajstić information content (AvgIpc) is 3.01. The zero-order valence-electron chi connectivity index (χ0n) is 26.6. The van der Waals surface area contributed by atoms with Crippen LogP contribution < -0.4 is 0 Å². The minimum absolute atomic E-state index is 1.17. The number of aromatic nitrogens is 2. The Bertz CT molecular complexity index is 1550. The number of rotatable bonds is 12. The maximum Gasteiger partial charge on any atom is 0.0561 e. The molecule has 0 saturated heterocycles. The molecule has 0 spiro atoms. The van der Waals surface area contributed by atoms with Gasteiger partial charge in [-0.3, -0.25) is 9.97 Å². The van der Waals surface area contributed by atoms with E-state index in [-0.39, 0.29) is 0 Å². The van der Waals surface area contributed by atoms with Crippen LogP contribution in [-0.4, -0.2) is 26.1 Å². The van der Waals surface area contributed by atoms with Crippen LogP contribution in [0.25, 0.3) is 24.3 Å². The van der Waals surface area contributed by atoms with E-state index in [0.29, 0.717) is 0 Å². The average molecular weight is 609 g/mol. The van der Waals surface area contributed by atoms with Crippen molar-refractivity contribution in [3.05, 3.63) is 166 Å². The quantitative estimate of drug-likeness (QED) is 0.132. The maximum absolute atomic E-state index is 4.09. The van der Waals surface area contributed by atoms with Gasteiger partial charge in [-0.2, -0.15) is 0 Å². The summed E-state index contributed by atoms with van der Waals surface area (Å²) in [5.74, 6) is 0. The summed E-state index contributed by atoms with van der Waals surface area (Å²) in [6.07, 6.45) is 16.0. The van der Waals surface area contributed by atoms with Gasteiger partial charge < -0.3 is 0 Å². The molecular weight excluding hydrogens is 565 g/mol. The Morgan fingerprint density at radius 2 is 0.727 bits per heavy atom. The van der Waals surface area contributed by atoms with E-state index in [2.05, 4.69) is 133 Å². The lowest BCUT2D eigenvalue weighted by Crippen LogP contribution is -2.34. The van der Waals surface area contributed by atoms with Gasteiger partial charge in [0.05, 0.1) is 16.1 Å². The third-order valence-electron chi connectivity index (χ3n) is 8.03. The number of pyridine rings is 2. The van der Waals surface area contributed by atoms with E-state index in [1.54, 1.807) is 0 Å². The van der Waals surface area contributed by atoms with Crippen molar-refractivity contribution >= 4 is 40.5 Å². The smallest absolute Gasteiger partial charge is 0.0561 e. The van der Waals surface area contributed by atoms with Crippen molar-refractivity contribution < 1.29 is 0 Å². The fourth-order valence-electron chi connectivity index (χ4n) is 6.01. The number of benzene rings is 3. The van der Waals surface area contributed by atoms with E-state index in [9.17, 15) is 0 Å². The predicted molar refractivity (Wildman–Crippen MR) is 195 cm³/mol. The van der Waals surface area contributed by atoms with E-state index < -0.39 is 16.1 Å². The van der Waals surface area contributed by atoms with Crippen molar-refractivity contribution in [2.45, 2.75) is 50.4 Å². The monoisotopic (exact) mass is 608 g/mol. The predicted octanol–water partition coefficient (Wildman–Crippen LogP) is 9.96. The molecule has 2 heterocycles. The second kappa shape index (κ2) is 14.6. The van der Waals surface area contributed by atoms with Gasteiger partial charge in [0.2, 0.25) is 0 Å². The van der Waals surface area contributed by atoms with E-state index in [1.807, 2.05) is 49.1 Å². The first kappa shape index (κ1) is 31.3. The first-order valence-electron chi connectivity index (χ1n) is 15.6. The molecule has 0 aliphatic carbocycles. The third-order valence-corrected chi connectivity index (χ3v) is 13.5. The Morgan fingerprint density at radius 1 is 0.409 bits per heavy atom. The van der Waals surface area contributed by atoms with Crippen molar-refractivity contribution in [2.75, 3.05) is 0 Å². The van der Waals surface area contributed by atoms with Gasteiger partial charge in [-0.1, -0.05) is 146 Å². The lowest BCUT2D eigenvalue weighted by molar-refractivity contribution is 1.17. The lowest BCUT2D eigenvalue weighted by atomic mass is 10.1. The lowest BCUT2D eigenvalue weighted by Gasteiger charge is -2.25. The summed E-state index contributed by atoms with van der Waals surface area (Å²) in [6.45, 7) is 10.1. The van der Waals surface area contributed by atoms with Gasteiger partial charge in [-0.25, -0.2) is 0 Å². The van der Waals surface area contributed by atoms with Gasteiger partial charge in [0.1, 0.15) is 0 Å². The first-order chi connectivity index (χ1) is 21.2. The summed E-state index contributed by atoms with van der Waals surface area (Å²) in [7, 11) is -2.94. The Morgan fingerprint density at radius 3 is 1.09 bits per heavy atom. The molecule has 5 aromatic rings. The number of nitrogens with zero attached hydrogens (tertiary/aromatic N) is 2. The highest BCUT2D eigenvalue weighted by atomic mass is 28.3. The van der Waals surface area contributed by atoms with Crippen molar-refractivity contribution in [3.8, 4) is 0 Å². The van der Waals surface area contributed by atoms with Gasteiger partial charge >= 0.3 is 0 Å². The molecule has 0 bridgehead atoms. The molecular formula is C40H44N2Si2. The summed E-state index contributed by atoms with van der Waals surface area (Å²) in [6, 6.07) is 40.6. The van der Waals surface area contributed by atoms with E-state index >= 15 is 0 Å². The molecule has 5 rings (SSSR count). The molecule has 0 saturated carbocycles. The molecule has 0 aliphatic heterocycles. The van der Waals surface area contributed by atoms with Crippen LogP contribution in [0.15, 0.2) is 122 Å². The Hall–Kier alpha value is -4.13. The van der Waals surface area contributed by atoms with Gasteiger partial charge in [0.15, 0.2) is 0 Å². The molecule has 0 aliphatic rings. The standard InChI is InChI=1S/C40H44N2Si2/c1-43(2,29-37-16-12-33(13-17-37)8-10-35-20-24-41-25-21-35)31-39-6-5-7-40(28-39)32-44(3,4)30-38-18-14-34(15-19-38)9-11-36-22-26-42-27-23-36/h5-28H,29-32H2,1-4H3/b10-8+,11-9+. The molecule has 4 heteroatoms. The molecule has 3 aromatic carbocycles. The molecule has 0 atom stereocenters. The summed E-state index contributed by atoms with van der Waals surface area (Å²) < 4.78 is 0. The molecule has 0 unspecified atom stereocenters. The molecule has 0 radical (unpaired) electrons. The van der Waals surface area contributed by atoms with Crippen molar-refractivity contribution in [1.82, 2.24) is 9.97 Å². The fraction of sp³-hybridized carbons (Fsp3) is 0.200. The zero-order chi connectivity index (χ0) is 30.8. The van der Waals surface area contributed by atoms with Crippen LogP contribution in [0.1, 0.15) is 44.5 Å². The molecule has 222 valence electrons. The second-order valence-electron chi connectivity index (χ2n) is 13.6. The SMILES string of the molecule is C[Si](C)(Cc1ccc(/C=C/c2ccncc2)cc1)Cc1cccc(C[Si](C)(C)Cc2ccc(/C=C/c3ccncc3)cc2)c1. The zero-order valence-corrected chi connectivity index (χ0v) is 28.6. The number of hydrogen-bond acceptors (Lipinski definition) is 2. The Labute approximate surface area is 266 Å². The van der Waals surface area contributed by atoms with Crippen LogP contribution in [0, 0.1) is 0 Å². The molecule has 0 amide bonds. The molecule has 0 fully saturated rings. The van der Waals surface area contributed by atoms with Crippen molar-refractivity contribution in [3.63, 3.8) is 0 Å².